The Balaban J connectivity index is 2.44. The lowest BCUT2D eigenvalue weighted by Crippen LogP contribution is -2.34. The average Bonchev–Trinajstić information content (AvgIpc) is 2.28. The van der Waals surface area contributed by atoms with Crippen LogP contribution >= 0.6 is 7.82 Å². The summed E-state index contributed by atoms with van der Waals surface area (Å²) < 4.78 is 19.2. The molecule has 4 N–H and O–H groups in total. The van der Waals surface area contributed by atoms with Crippen LogP contribution in [0.5, 0.6) is 0 Å². The second kappa shape index (κ2) is 4.28. The Kier molecular flexibility index (Phi) is 3.71. The van der Waals surface area contributed by atoms with Gasteiger partial charge < -0.3 is 24.7 Å². The predicted octanol–water partition coefficient (Wildman–Crippen LogP) is -2.29. The molecule has 7 nitrogen and oxygen atoms in total. The van der Waals surface area contributed by atoms with Crippen molar-refractivity contribution in [2.75, 3.05) is 6.61 Å². The van der Waals surface area contributed by atoms with Crippen LogP contribution in [0.4, 0.5) is 0 Å². The standard InChI is InChI=1S/C5H10BO7P/c6-5-4(8)3(7)2(13-5)1-12-14(9,10)11/h2-5,7-8H,1H2,(H2,9,10,11)/t2-,3-,4-,5-/m1/s1. The van der Waals surface area contributed by atoms with Gasteiger partial charge in [0.2, 0.25) is 0 Å². The third-order valence-corrected chi connectivity index (χ3v) is 2.29. The van der Waals surface area contributed by atoms with Crippen molar-refractivity contribution in [2.24, 2.45) is 0 Å². The minimum atomic E-state index is -4.60. The fourth-order valence-electron chi connectivity index (χ4n) is 1.09. The van der Waals surface area contributed by atoms with E-state index in [1.165, 1.54) is 0 Å². The molecule has 14 heavy (non-hydrogen) atoms. The van der Waals surface area contributed by atoms with E-state index in [0.717, 1.165) is 0 Å². The molecule has 0 aliphatic carbocycles. The SMILES string of the molecule is [B][C@@H]1O[C@H](COP(=O)(O)O)[C@@H](O)[C@H]1O. The van der Waals surface area contributed by atoms with E-state index in [0.29, 0.717) is 0 Å². The van der Waals surface area contributed by atoms with Crippen LogP contribution in [0.15, 0.2) is 0 Å². The van der Waals surface area contributed by atoms with Crippen molar-refractivity contribution in [1.82, 2.24) is 0 Å². The van der Waals surface area contributed by atoms with Crippen molar-refractivity contribution in [3.05, 3.63) is 0 Å². The number of hydrogen-bond acceptors (Lipinski definition) is 5. The van der Waals surface area contributed by atoms with Gasteiger partial charge in [-0.25, -0.2) is 4.57 Å². The van der Waals surface area contributed by atoms with Crippen molar-refractivity contribution in [2.45, 2.75) is 24.3 Å². The molecule has 0 unspecified atom stereocenters. The van der Waals surface area contributed by atoms with Crippen LogP contribution in [0.1, 0.15) is 0 Å². The lowest BCUT2D eigenvalue weighted by Gasteiger charge is -2.14. The zero-order valence-corrected chi connectivity index (χ0v) is 7.95. The van der Waals surface area contributed by atoms with Crippen LogP contribution in [0.2, 0.25) is 0 Å². The first kappa shape index (κ1) is 12.1. The molecule has 9 heteroatoms. The van der Waals surface area contributed by atoms with Crippen LogP contribution < -0.4 is 0 Å². The molecule has 1 aliphatic heterocycles. The Morgan fingerprint density at radius 1 is 1.36 bits per heavy atom. The summed E-state index contributed by atoms with van der Waals surface area (Å²) in [6.07, 6.45) is -3.62. The summed E-state index contributed by atoms with van der Waals surface area (Å²) >= 11 is 0. The third-order valence-electron chi connectivity index (χ3n) is 1.81. The summed E-state index contributed by atoms with van der Waals surface area (Å²) in [6, 6.07) is -1.07. The number of phosphoric ester groups is 1. The van der Waals surface area contributed by atoms with Gasteiger partial charge in [0.1, 0.15) is 20.1 Å². The molecule has 0 aromatic rings. The van der Waals surface area contributed by atoms with E-state index in [2.05, 4.69) is 4.52 Å². The van der Waals surface area contributed by atoms with Gasteiger partial charge >= 0.3 is 7.82 Å². The quantitative estimate of drug-likeness (QED) is 0.315. The highest BCUT2D eigenvalue weighted by atomic mass is 31.2. The lowest BCUT2D eigenvalue weighted by molar-refractivity contribution is -0.00874. The molecular formula is C5H10BO7P. The Labute approximate surface area is 81.3 Å². The van der Waals surface area contributed by atoms with E-state index in [-0.39, 0.29) is 0 Å². The maximum absolute atomic E-state index is 10.3. The number of aliphatic hydroxyl groups excluding tert-OH is 2. The van der Waals surface area contributed by atoms with Crippen LogP contribution in [0.3, 0.4) is 0 Å². The Hall–Kier alpha value is 0.0549. The molecule has 0 aromatic carbocycles. The van der Waals surface area contributed by atoms with Gasteiger partial charge in [-0.3, -0.25) is 4.52 Å². The van der Waals surface area contributed by atoms with Crippen molar-refractivity contribution in [1.29, 1.82) is 0 Å². The molecule has 1 saturated heterocycles. The zero-order valence-electron chi connectivity index (χ0n) is 7.05. The monoisotopic (exact) mass is 224 g/mol. The molecule has 80 valence electrons. The highest BCUT2D eigenvalue weighted by Crippen LogP contribution is 2.36. The topological polar surface area (TPSA) is 116 Å². The summed E-state index contributed by atoms with van der Waals surface area (Å²) in [5.41, 5.74) is 0. The first-order valence-electron chi connectivity index (χ1n) is 3.78. The van der Waals surface area contributed by atoms with Gasteiger partial charge in [0.05, 0.1) is 12.7 Å². The summed E-state index contributed by atoms with van der Waals surface area (Å²) in [7, 11) is 0.619. The molecule has 1 heterocycles. The summed E-state index contributed by atoms with van der Waals surface area (Å²) in [5, 5.41) is 18.4. The second-order valence-corrected chi connectivity index (χ2v) is 4.15. The highest BCUT2D eigenvalue weighted by molar-refractivity contribution is 7.46. The van der Waals surface area contributed by atoms with Crippen molar-refractivity contribution in [3.8, 4) is 0 Å². The molecule has 1 fully saturated rings. The lowest BCUT2D eigenvalue weighted by atomic mass is 9.93. The fraction of sp³-hybridized carbons (Fsp3) is 1.00. The first-order valence-corrected chi connectivity index (χ1v) is 5.31. The predicted molar refractivity (Wildman–Crippen MR) is 44.4 cm³/mol. The van der Waals surface area contributed by atoms with E-state index < -0.39 is 38.7 Å². The van der Waals surface area contributed by atoms with Gasteiger partial charge in [0.25, 0.3) is 0 Å². The van der Waals surface area contributed by atoms with Crippen LogP contribution in [-0.4, -0.2) is 58.8 Å². The highest BCUT2D eigenvalue weighted by Gasteiger charge is 2.40. The maximum atomic E-state index is 10.3. The number of ether oxygens (including phenoxy) is 1. The van der Waals surface area contributed by atoms with Gasteiger partial charge in [-0.1, -0.05) is 0 Å². The minimum Gasteiger partial charge on any atom is -0.388 e. The van der Waals surface area contributed by atoms with Gasteiger partial charge in [0.15, 0.2) is 0 Å². The third kappa shape index (κ3) is 3.03. The average molecular weight is 224 g/mol. The van der Waals surface area contributed by atoms with Gasteiger partial charge in [-0.2, -0.15) is 0 Å². The minimum absolute atomic E-state index is 0.532. The molecular weight excluding hydrogens is 214 g/mol. The Bertz CT molecular complexity index is 242. The smallest absolute Gasteiger partial charge is 0.388 e. The molecule has 0 aromatic heterocycles. The van der Waals surface area contributed by atoms with E-state index in [1.54, 1.807) is 0 Å². The largest absolute Gasteiger partial charge is 0.469 e. The number of aliphatic hydroxyl groups is 2. The fourth-order valence-corrected chi connectivity index (χ4v) is 1.43. The second-order valence-electron chi connectivity index (χ2n) is 2.91. The van der Waals surface area contributed by atoms with E-state index in [9.17, 15) is 9.67 Å². The molecule has 1 aliphatic rings. The van der Waals surface area contributed by atoms with Gasteiger partial charge in [-0.15, -0.1) is 0 Å². The Morgan fingerprint density at radius 2 is 1.93 bits per heavy atom. The Morgan fingerprint density at radius 3 is 2.29 bits per heavy atom. The normalized spacial score (nSPS) is 38.9. The molecule has 1 rings (SSSR count). The summed E-state index contributed by atoms with van der Waals surface area (Å²) in [5.74, 6) is 0. The van der Waals surface area contributed by atoms with E-state index >= 15 is 0 Å². The van der Waals surface area contributed by atoms with Gasteiger partial charge in [0, 0.05) is 6.00 Å². The molecule has 0 bridgehead atoms. The molecule has 2 radical (unpaired) electrons. The van der Waals surface area contributed by atoms with Crippen molar-refractivity contribution < 1.29 is 33.8 Å². The first-order chi connectivity index (χ1) is 6.31. The van der Waals surface area contributed by atoms with E-state index in [4.69, 9.17) is 27.5 Å². The molecule has 0 saturated carbocycles. The molecule has 0 spiro atoms. The number of phosphoric acid groups is 1. The number of rotatable bonds is 3. The van der Waals surface area contributed by atoms with Gasteiger partial charge in [-0.05, 0) is 0 Å². The van der Waals surface area contributed by atoms with Crippen LogP contribution in [0.25, 0.3) is 0 Å². The van der Waals surface area contributed by atoms with Crippen molar-refractivity contribution >= 4 is 15.7 Å². The maximum Gasteiger partial charge on any atom is 0.469 e. The summed E-state index contributed by atoms with van der Waals surface area (Å²) in [6.45, 7) is -0.532. The van der Waals surface area contributed by atoms with Crippen LogP contribution in [0, 0.1) is 0 Å². The molecule has 4 atom stereocenters. The van der Waals surface area contributed by atoms with Crippen LogP contribution in [-0.2, 0) is 13.8 Å². The van der Waals surface area contributed by atoms with Crippen molar-refractivity contribution in [3.63, 3.8) is 0 Å². The molecule has 0 amide bonds. The number of hydrogen-bond donors (Lipinski definition) is 4. The zero-order chi connectivity index (χ0) is 10.9. The summed E-state index contributed by atoms with van der Waals surface area (Å²) in [4.78, 5) is 16.7. The van der Waals surface area contributed by atoms with E-state index in [1.807, 2.05) is 0 Å².